The van der Waals surface area contributed by atoms with Crippen LogP contribution in [0.15, 0.2) is 91.0 Å². The Labute approximate surface area is 489 Å². The summed E-state index contributed by atoms with van der Waals surface area (Å²) in [4.78, 5) is 130. The fourth-order valence-corrected chi connectivity index (χ4v) is 12.6. The summed E-state index contributed by atoms with van der Waals surface area (Å²) in [6, 6.07) is 21.4. The average Bonchev–Trinajstić information content (AvgIpc) is 1.74. The quantitative estimate of drug-likeness (QED) is 0.0227. The summed E-state index contributed by atoms with van der Waals surface area (Å²) in [5.74, 6) is 2.72. The highest BCUT2D eigenvalue weighted by molar-refractivity contribution is 7.52. The van der Waals surface area contributed by atoms with Gasteiger partial charge < -0.3 is 35.0 Å². The standard InChI is InChI=1S/C62H67F2N6O12PS/c1-61(2,3)54(67-56(74)51-34-42-31-44(22-26-50(42)84-51)62(63,64)83(79,80)81)60(78)69-36-43-32-45(23-21-40(43)33-49(69)59(77)68-29-15-19-41(35-68)39-17-12-10-13-18-39)82-37-53(72)65-28-14-9-7-5-4-6-8-11-16-38-20-24-46-47(30-38)58(76)70(57(46)75)48-25-27-52(71)66-55(48)73/h10,12-13,17-18,20-24,26,30-32,34,41,48-49,54H,4-9,14-15,19,25,27-29,33,35-37H2,1-3H3,(H,65,72)(H,67,74)(H,66,71,73)(H2,79,80,81)/t41?,48?,49-,54+/m0/s1. The van der Waals surface area contributed by atoms with Crippen LogP contribution >= 0.6 is 18.9 Å². The molecular weight excluding hydrogens is 1120 g/mol. The third-order valence-corrected chi connectivity index (χ3v) is 17.9. The van der Waals surface area contributed by atoms with Gasteiger partial charge in [-0.3, -0.25) is 53.1 Å². The van der Waals surface area contributed by atoms with Crippen LogP contribution in [0.5, 0.6) is 5.75 Å². The molecule has 8 amide bonds. The van der Waals surface area contributed by atoms with E-state index in [0.717, 1.165) is 90.9 Å². The van der Waals surface area contributed by atoms with Gasteiger partial charge in [0.1, 0.15) is 23.9 Å². The molecule has 4 aliphatic heterocycles. The maximum Gasteiger partial charge on any atom is 0.399 e. The number of hydrogen-bond donors (Lipinski definition) is 5. The summed E-state index contributed by atoms with van der Waals surface area (Å²) < 4.78 is 47.3. The molecule has 2 fully saturated rings. The summed E-state index contributed by atoms with van der Waals surface area (Å²) >= 11 is 0.963. The van der Waals surface area contributed by atoms with Crippen molar-refractivity contribution in [2.24, 2.45) is 5.41 Å². The van der Waals surface area contributed by atoms with Crippen LogP contribution in [0.25, 0.3) is 10.1 Å². The van der Waals surface area contributed by atoms with E-state index in [2.05, 4.69) is 27.8 Å². The van der Waals surface area contributed by atoms with Crippen LogP contribution in [0.1, 0.15) is 156 Å². The van der Waals surface area contributed by atoms with Crippen molar-refractivity contribution in [2.75, 3.05) is 26.2 Å². The first kappa shape index (κ1) is 60.9. The fourth-order valence-electron chi connectivity index (χ4n) is 11.2. The minimum absolute atomic E-state index is 0.0162. The Kier molecular flexibility index (Phi) is 18.6. The Bertz CT molecular complexity index is 3520. The number of hydrogen-bond acceptors (Lipinski definition) is 11. The Morgan fingerprint density at radius 1 is 0.857 bits per heavy atom. The molecule has 442 valence electrons. The maximum atomic E-state index is 15.2. The molecular formula is C62H67F2N6O12PS. The maximum absolute atomic E-state index is 15.2. The summed E-state index contributed by atoms with van der Waals surface area (Å²) in [6.45, 7) is 6.48. The molecule has 0 aliphatic carbocycles. The lowest BCUT2D eigenvalue weighted by Crippen LogP contribution is -2.61. The topological polar surface area (TPSA) is 249 Å². The second-order valence-electron chi connectivity index (χ2n) is 22.9. The van der Waals surface area contributed by atoms with Crippen LogP contribution in [0.3, 0.4) is 0 Å². The molecule has 18 nitrogen and oxygen atoms in total. The number of carbonyl (C=O) groups excluding carboxylic acids is 8. The van der Waals surface area contributed by atoms with Gasteiger partial charge in [0.25, 0.3) is 23.6 Å². The molecule has 4 aliphatic rings. The van der Waals surface area contributed by atoms with Crippen LogP contribution in [0.4, 0.5) is 8.78 Å². The van der Waals surface area contributed by atoms with Crippen molar-refractivity contribution in [3.05, 3.63) is 135 Å². The van der Waals surface area contributed by atoms with E-state index in [4.69, 9.17) is 4.74 Å². The Balaban J connectivity index is 0.772. The van der Waals surface area contributed by atoms with Crippen LogP contribution in [-0.2, 0) is 47.2 Å². The minimum atomic E-state index is -5.86. The second kappa shape index (κ2) is 25.7. The number of alkyl halides is 2. The zero-order chi connectivity index (χ0) is 60.1. The summed E-state index contributed by atoms with van der Waals surface area (Å²) in [5, 5.41) is 8.14. The van der Waals surface area contributed by atoms with Gasteiger partial charge in [-0.1, -0.05) is 101 Å². The summed E-state index contributed by atoms with van der Waals surface area (Å²) in [7, 11) is -5.86. The number of halogens is 2. The molecule has 5 aromatic rings. The molecule has 0 spiro atoms. The number of amides is 8. The van der Waals surface area contributed by atoms with Gasteiger partial charge in [-0.2, -0.15) is 8.78 Å². The number of thiophene rings is 1. The Hall–Kier alpha value is -7.63. The highest BCUT2D eigenvalue weighted by Crippen LogP contribution is 2.59. The zero-order valence-electron chi connectivity index (χ0n) is 46.9. The molecule has 2 unspecified atom stereocenters. The molecule has 0 saturated carbocycles. The predicted octanol–water partition coefficient (Wildman–Crippen LogP) is 8.31. The van der Waals surface area contributed by atoms with E-state index in [0.29, 0.717) is 47.6 Å². The van der Waals surface area contributed by atoms with E-state index in [9.17, 15) is 56.7 Å². The average molecular weight is 1190 g/mol. The molecule has 5 N–H and O–H groups in total. The number of nitrogens with one attached hydrogen (secondary N) is 3. The molecule has 1 aromatic heterocycles. The van der Waals surface area contributed by atoms with Gasteiger partial charge >= 0.3 is 13.3 Å². The SMILES string of the molecule is CC(C)(C)[C@H](NC(=O)c1cc2cc(C(F)(F)P(=O)(O)O)ccc2s1)C(=O)N1Cc2cc(OCC(=O)NCCCCCCCCC#Cc3ccc4c(c3)C(=O)N(C3CCC(=O)NC3=O)C4=O)ccc2C[C@H]1C(=O)N1CCCC(c2ccccc2)C1. The van der Waals surface area contributed by atoms with Crippen molar-refractivity contribution < 1.29 is 66.2 Å². The fraction of sp³-hybridized carbons (Fsp3) is 0.419. The van der Waals surface area contributed by atoms with E-state index in [1.807, 2.05) is 41.3 Å². The number of ether oxygens (including phenoxy) is 1. The van der Waals surface area contributed by atoms with Crippen molar-refractivity contribution in [3.63, 3.8) is 0 Å². The monoisotopic (exact) mass is 1190 g/mol. The molecule has 4 atom stereocenters. The van der Waals surface area contributed by atoms with Crippen molar-refractivity contribution in [2.45, 2.75) is 134 Å². The van der Waals surface area contributed by atoms with E-state index in [1.165, 1.54) is 17.0 Å². The lowest BCUT2D eigenvalue weighted by Gasteiger charge is -2.43. The van der Waals surface area contributed by atoms with Crippen LogP contribution < -0.4 is 20.7 Å². The van der Waals surface area contributed by atoms with Gasteiger partial charge in [0.2, 0.25) is 23.6 Å². The first-order chi connectivity index (χ1) is 40.0. The van der Waals surface area contributed by atoms with Crippen molar-refractivity contribution in [1.82, 2.24) is 30.7 Å². The third-order valence-electron chi connectivity index (χ3n) is 15.8. The lowest BCUT2D eigenvalue weighted by molar-refractivity contribution is -0.150. The highest BCUT2D eigenvalue weighted by atomic mass is 32.1. The van der Waals surface area contributed by atoms with E-state index in [-0.39, 0.29) is 71.5 Å². The van der Waals surface area contributed by atoms with Gasteiger partial charge in [-0.05, 0) is 108 Å². The second-order valence-corrected chi connectivity index (χ2v) is 25.6. The number of likely N-dealkylation sites (tertiary alicyclic amines) is 1. The normalized spacial score (nSPS) is 18.6. The smallest absolute Gasteiger partial charge is 0.399 e. The first-order valence-corrected chi connectivity index (χ1v) is 30.7. The van der Waals surface area contributed by atoms with Crippen LogP contribution in [-0.4, -0.2) is 116 Å². The number of carbonyl (C=O) groups is 8. The predicted molar refractivity (Wildman–Crippen MR) is 309 cm³/mol. The molecule has 5 heterocycles. The highest BCUT2D eigenvalue weighted by Gasteiger charge is 2.51. The largest absolute Gasteiger partial charge is 0.484 e. The molecule has 2 saturated heterocycles. The number of piperidine rings is 2. The summed E-state index contributed by atoms with van der Waals surface area (Å²) in [6.07, 6.45) is 8.03. The number of rotatable bonds is 19. The molecule has 84 heavy (non-hydrogen) atoms. The number of fused-ring (bicyclic) bond motifs is 3. The number of nitrogens with zero attached hydrogens (tertiary/aromatic N) is 3. The molecule has 22 heteroatoms. The summed E-state index contributed by atoms with van der Waals surface area (Å²) in [5.41, 5.74) is -2.67. The Morgan fingerprint density at radius 2 is 1.60 bits per heavy atom. The zero-order valence-corrected chi connectivity index (χ0v) is 48.6. The third kappa shape index (κ3) is 13.8. The van der Waals surface area contributed by atoms with Crippen LogP contribution in [0, 0.1) is 17.3 Å². The Morgan fingerprint density at radius 3 is 2.33 bits per heavy atom. The van der Waals surface area contributed by atoms with E-state index in [1.54, 1.807) is 51.1 Å². The number of benzene rings is 4. The van der Waals surface area contributed by atoms with Gasteiger partial charge in [0, 0.05) is 67.2 Å². The number of imide groups is 2. The molecule has 4 aromatic carbocycles. The van der Waals surface area contributed by atoms with Gasteiger partial charge in [-0.25, -0.2) is 0 Å². The molecule has 0 bridgehead atoms. The molecule has 0 radical (unpaired) electrons. The number of unbranched alkanes of at least 4 members (excludes halogenated alkanes) is 6. The van der Waals surface area contributed by atoms with Gasteiger partial charge in [0.05, 0.1) is 16.0 Å². The molecule has 9 rings (SSSR count). The van der Waals surface area contributed by atoms with Crippen molar-refractivity contribution in [3.8, 4) is 17.6 Å². The van der Waals surface area contributed by atoms with E-state index < -0.39 is 77.8 Å². The van der Waals surface area contributed by atoms with Crippen LogP contribution in [0.2, 0.25) is 0 Å². The van der Waals surface area contributed by atoms with Crippen molar-refractivity contribution >= 4 is 76.3 Å². The van der Waals surface area contributed by atoms with Gasteiger partial charge in [0.15, 0.2) is 6.61 Å². The lowest BCUT2D eigenvalue weighted by atomic mass is 9.83. The van der Waals surface area contributed by atoms with E-state index >= 15 is 4.79 Å². The van der Waals surface area contributed by atoms with Crippen molar-refractivity contribution in [1.29, 1.82) is 0 Å². The minimum Gasteiger partial charge on any atom is -0.484 e. The van der Waals surface area contributed by atoms with Gasteiger partial charge in [-0.15, -0.1) is 11.3 Å². The first-order valence-electron chi connectivity index (χ1n) is 28.3.